The Bertz CT molecular complexity index is 658. The van der Waals surface area contributed by atoms with Crippen LogP contribution in [0.4, 0.5) is 0 Å². The lowest BCUT2D eigenvalue weighted by Crippen LogP contribution is -2.12. The first kappa shape index (κ1) is 47.4. The van der Waals surface area contributed by atoms with Crippen LogP contribution in [0.15, 0.2) is 23.3 Å². The third-order valence-corrected chi connectivity index (χ3v) is 10.8. The van der Waals surface area contributed by atoms with Gasteiger partial charge in [0.2, 0.25) is 0 Å². The van der Waals surface area contributed by atoms with Gasteiger partial charge in [-0.05, 0) is 129 Å². The van der Waals surface area contributed by atoms with Crippen molar-refractivity contribution >= 4 is 0 Å². The Balaban J connectivity index is 0.000000527. The molecule has 1 atom stereocenters. The zero-order valence-corrected chi connectivity index (χ0v) is 34.7. The number of hydrogen-bond donors (Lipinski definition) is 0. The summed E-state index contributed by atoms with van der Waals surface area (Å²) in [5.74, 6) is 4.88. The molecule has 6 fully saturated rings. The summed E-state index contributed by atoms with van der Waals surface area (Å²) in [5, 5.41) is 0. The molecular weight excluding hydrogens is 587 g/mol. The van der Waals surface area contributed by atoms with Crippen molar-refractivity contribution in [1.29, 1.82) is 0 Å². The van der Waals surface area contributed by atoms with Gasteiger partial charge in [-0.15, -0.1) is 0 Å². The van der Waals surface area contributed by atoms with Crippen LogP contribution >= 0.6 is 0 Å². The number of rotatable bonds is 0. The molecule has 3 heteroatoms. The molecule has 7 aliphatic rings. The van der Waals surface area contributed by atoms with Crippen molar-refractivity contribution in [2.45, 2.75) is 191 Å². The fourth-order valence-electron chi connectivity index (χ4n) is 6.22. The second kappa shape index (κ2) is 33.5. The Hall–Kier alpha value is -0.640. The molecule has 0 N–H and O–H groups in total. The van der Waals surface area contributed by atoms with Crippen molar-refractivity contribution in [3.05, 3.63) is 23.3 Å². The fourth-order valence-corrected chi connectivity index (χ4v) is 6.22. The molecular formula is C45H89NO2. The van der Waals surface area contributed by atoms with Gasteiger partial charge >= 0.3 is 0 Å². The van der Waals surface area contributed by atoms with Gasteiger partial charge in [0.05, 0.1) is 0 Å². The fraction of sp³-hybridized carbons (Fsp3) is 0.911. The Morgan fingerprint density at radius 1 is 0.583 bits per heavy atom. The molecule has 7 rings (SSSR count). The SMILES string of the molecule is CC1=CCCC1.CC1CCC1.CC1CCCC1.CC1CCCCC1.CC1CCOCC1.CC=C(C)C.CN1CCCC1.C[C@H]1CCOC1. The van der Waals surface area contributed by atoms with Gasteiger partial charge in [0.1, 0.15) is 0 Å². The van der Waals surface area contributed by atoms with E-state index >= 15 is 0 Å². The topological polar surface area (TPSA) is 21.7 Å². The van der Waals surface area contributed by atoms with Crippen LogP contribution in [0.25, 0.3) is 0 Å². The van der Waals surface area contributed by atoms with Gasteiger partial charge in [0.25, 0.3) is 0 Å². The van der Waals surface area contributed by atoms with Crippen LogP contribution in [-0.4, -0.2) is 51.5 Å². The van der Waals surface area contributed by atoms with E-state index in [9.17, 15) is 0 Å². The molecule has 3 heterocycles. The van der Waals surface area contributed by atoms with E-state index in [2.05, 4.69) is 79.5 Å². The summed E-state index contributed by atoms with van der Waals surface area (Å²) in [6.07, 6.45) is 32.9. The smallest absolute Gasteiger partial charge is 0.0492 e. The number of ether oxygens (including phenoxy) is 2. The highest BCUT2D eigenvalue weighted by molar-refractivity contribution is 5.03. The third-order valence-electron chi connectivity index (χ3n) is 10.8. The highest BCUT2D eigenvalue weighted by atomic mass is 16.5. The number of likely N-dealkylation sites (tertiary alicyclic amines) is 1. The molecule has 3 saturated heterocycles. The van der Waals surface area contributed by atoms with Crippen molar-refractivity contribution in [2.75, 3.05) is 46.6 Å². The molecule has 4 aliphatic carbocycles. The second-order valence-corrected chi connectivity index (χ2v) is 16.8. The van der Waals surface area contributed by atoms with Gasteiger partial charge in [0.15, 0.2) is 0 Å². The maximum atomic E-state index is 5.14. The van der Waals surface area contributed by atoms with Crippen molar-refractivity contribution in [1.82, 2.24) is 4.90 Å². The molecule has 0 aromatic carbocycles. The van der Waals surface area contributed by atoms with Crippen LogP contribution in [0.1, 0.15) is 191 Å². The van der Waals surface area contributed by atoms with E-state index in [4.69, 9.17) is 9.47 Å². The van der Waals surface area contributed by atoms with E-state index in [0.29, 0.717) is 0 Å². The van der Waals surface area contributed by atoms with Gasteiger partial charge in [-0.2, -0.15) is 0 Å². The molecule has 0 aromatic rings. The highest BCUT2D eigenvalue weighted by Crippen LogP contribution is 2.24. The summed E-state index contributed by atoms with van der Waals surface area (Å²) in [6.45, 7) is 26.5. The average Bonchev–Trinajstić information content (AvgIpc) is 3.91. The van der Waals surface area contributed by atoms with Crippen molar-refractivity contribution in [2.24, 2.45) is 29.6 Å². The van der Waals surface area contributed by atoms with Gasteiger partial charge < -0.3 is 14.4 Å². The monoisotopic (exact) mass is 676 g/mol. The maximum absolute atomic E-state index is 5.14. The molecule has 0 radical (unpaired) electrons. The summed E-state index contributed by atoms with van der Waals surface area (Å²) in [5.41, 5.74) is 2.96. The summed E-state index contributed by atoms with van der Waals surface area (Å²) in [7, 11) is 2.17. The molecule has 3 nitrogen and oxygen atoms in total. The predicted molar refractivity (Wildman–Crippen MR) is 216 cm³/mol. The van der Waals surface area contributed by atoms with Gasteiger partial charge in [-0.3, -0.25) is 0 Å². The van der Waals surface area contributed by atoms with Crippen LogP contribution in [0.3, 0.4) is 0 Å². The molecule has 3 aliphatic heterocycles. The van der Waals surface area contributed by atoms with Gasteiger partial charge in [-0.1, -0.05) is 135 Å². The number of allylic oxidation sites excluding steroid dienone is 4. The molecule has 0 bridgehead atoms. The number of nitrogens with zero attached hydrogens (tertiary/aromatic N) is 1. The van der Waals surface area contributed by atoms with Crippen LogP contribution in [-0.2, 0) is 9.47 Å². The van der Waals surface area contributed by atoms with Crippen LogP contribution in [0.2, 0.25) is 0 Å². The molecule has 3 saturated carbocycles. The Kier molecular flexibility index (Phi) is 33.1. The molecule has 0 unspecified atom stereocenters. The summed E-state index contributed by atoms with van der Waals surface area (Å²) in [4.78, 5) is 2.36. The van der Waals surface area contributed by atoms with E-state index in [1.807, 2.05) is 6.92 Å². The van der Waals surface area contributed by atoms with E-state index in [0.717, 1.165) is 56.0 Å². The quantitative estimate of drug-likeness (QED) is 0.239. The van der Waals surface area contributed by atoms with Crippen LogP contribution in [0, 0.1) is 29.6 Å². The third kappa shape index (κ3) is 33.8. The van der Waals surface area contributed by atoms with Crippen molar-refractivity contribution in [3.63, 3.8) is 0 Å². The first-order valence-corrected chi connectivity index (χ1v) is 21.1. The van der Waals surface area contributed by atoms with E-state index in [1.165, 1.54) is 147 Å². The summed E-state index contributed by atoms with van der Waals surface area (Å²) >= 11 is 0. The zero-order valence-electron chi connectivity index (χ0n) is 34.7. The Morgan fingerprint density at radius 2 is 1.00 bits per heavy atom. The molecule has 0 amide bonds. The predicted octanol–water partition coefficient (Wildman–Crippen LogP) is 13.9. The summed E-state index contributed by atoms with van der Waals surface area (Å²) in [6, 6.07) is 0. The lowest BCUT2D eigenvalue weighted by Gasteiger charge is -2.18. The average molecular weight is 676 g/mol. The lowest BCUT2D eigenvalue weighted by atomic mass is 9.88. The van der Waals surface area contributed by atoms with Crippen molar-refractivity contribution < 1.29 is 9.47 Å². The Morgan fingerprint density at radius 3 is 1.15 bits per heavy atom. The molecule has 0 aromatic heterocycles. The van der Waals surface area contributed by atoms with E-state index in [1.54, 1.807) is 5.57 Å². The normalized spacial score (nSPS) is 24.1. The van der Waals surface area contributed by atoms with Crippen LogP contribution < -0.4 is 0 Å². The van der Waals surface area contributed by atoms with Gasteiger partial charge in [0, 0.05) is 26.4 Å². The van der Waals surface area contributed by atoms with Gasteiger partial charge in [-0.25, -0.2) is 0 Å². The van der Waals surface area contributed by atoms with E-state index < -0.39 is 0 Å². The Labute approximate surface area is 303 Å². The molecule has 286 valence electrons. The lowest BCUT2D eigenvalue weighted by molar-refractivity contribution is 0.0716. The largest absolute Gasteiger partial charge is 0.381 e. The number of hydrogen-bond acceptors (Lipinski definition) is 3. The van der Waals surface area contributed by atoms with E-state index in [-0.39, 0.29) is 0 Å². The molecule has 0 spiro atoms. The summed E-state index contributed by atoms with van der Waals surface area (Å²) < 4.78 is 10.2. The zero-order chi connectivity index (χ0) is 35.8. The first-order valence-electron chi connectivity index (χ1n) is 21.1. The van der Waals surface area contributed by atoms with Crippen molar-refractivity contribution in [3.8, 4) is 0 Å². The molecule has 48 heavy (non-hydrogen) atoms. The second-order valence-electron chi connectivity index (χ2n) is 16.8. The minimum absolute atomic E-state index is 0.824. The minimum Gasteiger partial charge on any atom is -0.381 e. The maximum Gasteiger partial charge on any atom is 0.0492 e. The minimum atomic E-state index is 0.824. The standard InChI is InChI=1S/C7H14.C6H12O.C6H12.C6H10.C5H11N.C5H10O.2C5H10/c1-7-5-3-2-4-6-7;1-6-2-4-7-5-3-6;3*1-6-4-2-3-5-6;1-5-2-3-6-4-5;1-5-3-2-4-5;1-4-5(2)3/h7H,2-6H2,1H3;6H,2-5H2,1H3;6H,2-5H2,1H3;4H,2-3,5H2,1H3;2-5H2,1H3;5H,2-4H2,1H3;5H,2-4H2,1H3;4H,1-3H3/t;;;;;5-;;/m.....0../s1. The highest BCUT2D eigenvalue weighted by Gasteiger charge is 2.10. The van der Waals surface area contributed by atoms with Crippen LogP contribution in [0.5, 0.6) is 0 Å². The first-order chi connectivity index (χ1) is 23.0.